The molecule has 2 amide bonds. The van der Waals surface area contributed by atoms with Gasteiger partial charge in [-0.15, -0.1) is 0 Å². The summed E-state index contributed by atoms with van der Waals surface area (Å²) in [5, 5.41) is 4.96. The van der Waals surface area contributed by atoms with Gasteiger partial charge in [0.2, 0.25) is 0 Å². The summed E-state index contributed by atoms with van der Waals surface area (Å²) in [5.74, 6) is -2.74. The highest BCUT2D eigenvalue weighted by Gasteiger charge is 2.17. The third kappa shape index (κ3) is 4.89. The number of anilines is 1. The lowest BCUT2D eigenvalue weighted by atomic mass is 10.1. The summed E-state index contributed by atoms with van der Waals surface area (Å²) in [6, 6.07) is 7.06. The number of hydrogen-bond acceptors (Lipinski definition) is 3. The molecule has 0 fully saturated rings. The van der Waals surface area contributed by atoms with Crippen molar-refractivity contribution in [2.75, 3.05) is 33.1 Å². The minimum atomic E-state index is -0.922. The van der Waals surface area contributed by atoms with Gasteiger partial charge in [-0.1, -0.05) is 12.1 Å². The number of nitrogens with zero attached hydrogens (tertiary/aromatic N) is 1. The zero-order valence-corrected chi connectivity index (χ0v) is 14.6. The molecular weight excluding hydrogens is 347 g/mol. The van der Waals surface area contributed by atoms with Crippen LogP contribution in [0.5, 0.6) is 5.75 Å². The zero-order valence-electron chi connectivity index (χ0n) is 14.6. The second-order valence-electron chi connectivity index (χ2n) is 5.84. The van der Waals surface area contributed by atoms with Crippen LogP contribution >= 0.6 is 0 Å². The molecule has 5 nitrogen and oxygen atoms in total. The van der Waals surface area contributed by atoms with Crippen molar-refractivity contribution in [3.8, 4) is 5.75 Å². The maximum absolute atomic E-state index is 13.7. The summed E-state index contributed by atoms with van der Waals surface area (Å²) >= 11 is 0. The summed E-state index contributed by atoms with van der Waals surface area (Å²) in [6.07, 6.45) is 0. The van der Waals surface area contributed by atoms with E-state index < -0.39 is 23.4 Å². The monoisotopic (exact) mass is 367 g/mol. The number of hydrogen-bond donors (Lipinski definition) is 2. The topological polar surface area (TPSA) is 53.6 Å². The number of carbonyl (C=O) groups is 1. The third-order valence-corrected chi connectivity index (χ3v) is 3.77. The first-order chi connectivity index (χ1) is 12.3. The van der Waals surface area contributed by atoms with Gasteiger partial charge in [0.1, 0.15) is 5.82 Å². The highest BCUT2D eigenvalue weighted by atomic mass is 19.1. The number of rotatable bonds is 6. The molecule has 0 aliphatic carbocycles. The Balaban J connectivity index is 2.03. The Labute approximate surface area is 149 Å². The summed E-state index contributed by atoms with van der Waals surface area (Å²) in [7, 11) is 4.74. The fourth-order valence-electron chi connectivity index (χ4n) is 2.50. The summed E-state index contributed by atoms with van der Waals surface area (Å²) < 4.78 is 45.3. The van der Waals surface area contributed by atoms with Crippen LogP contribution < -0.4 is 15.4 Å². The highest BCUT2D eigenvalue weighted by molar-refractivity contribution is 5.89. The van der Waals surface area contributed by atoms with Crippen molar-refractivity contribution in [3.63, 3.8) is 0 Å². The van der Waals surface area contributed by atoms with E-state index in [1.54, 1.807) is 26.2 Å². The van der Waals surface area contributed by atoms with Gasteiger partial charge >= 0.3 is 6.03 Å². The first kappa shape index (κ1) is 19.6. The molecule has 2 aromatic rings. The van der Waals surface area contributed by atoms with Gasteiger partial charge in [0.15, 0.2) is 17.4 Å². The van der Waals surface area contributed by atoms with Crippen molar-refractivity contribution in [2.45, 2.75) is 6.04 Å². The SMILES string of the molecule is COc1c(F)cc(NC(=O)NCC(c2cccc(F)c2)N(C)C)cc1F. The number of likely N-dealkylation sites (N-methyl/N-ethyl adjacent to an activating group) is 1. The Bertz CT molecular complexity index is 761. The average molecular weight is 367 g/mol. The number of methoxy groups -OCH3 is 1. The second-order valence-corrected chi connectivity index (χ2v) is 5.84. The first-order valence-electron chi connectivity index (χ1n) is 7.81. The molecule has 2 aromatic carbocycles. The Morgan fingerprint density at radius 2 is 1.81 bits per heavy atom. The van der Waals surface area contributed by atoms with Crippen LogP contribution in [0.2, 0.25) is 0 Å². The molecule has 0 radical (unpaired) electrons. The maximum Gasteiger partial charge on any atom is 0.319 e. The van der Waals surface area contributed by atoms with Crippen molar-refractivity contribution >= 4 is 11.7 Å². The Morgan fingerprint density at radius 1 is 1.15 bits per heavy atom. The Hall–Kier alpha value is -2.74. The average Bonchev–Trinajstić information content (AvgIpc) is 2.54. The lowest BCUT2D eigenvalue weighted by Gasteiger charge is -2.25. The summed E-state index contributed by atoms with van der Waals surface area (Å²) in [5.41, 5.74) is 0.641. The number of benzene rings is 2. The third-order valence-electron chi connectivity index (χ3n) is 3.77. The lowest BCUT2D eigenvalue weighted by molar-refractivity contribution is 0.243. The van der Waals surface area contributed by atoms with Gasteiger partial charge in [-0.2, -0.15) is 0 Å². The van der Waals surface area contributed by atoms with Crippen LogP contribution in [0.3, 0.4) is 0 Å². The van der Waals surface area contributed by atoms with E-state index in [0.717, 1.165) is 19.2 Å². The fraction of sp³-hybridized carbons (Fsp3) is 0.278. The van der Waals surface area contributed by atoms with E-state index in [-0.39, 0.29) is 24.1 Å². The van der Waals surface area contributed by atoms with Crippen molar-refractivity contribution in [1.82, 2.24) is 10.2 Å². The fourth-order valence-corrected chi connectivity index (χ4v) is 2.50. The molecule has 2 N–H and O–H groups in total. The van der Waals surface area contributed by atoms with E-state index >= 15 is 0 Å². The van der Waals surface area contributed by atoms with Crippen molar-refractivity contribution in [3.05, 3.63) is 59.4 Å². The predicted octanol–water partition coefficient (Wildman–Crippen LogP) is 3.54. The van der Waals surface area contributed by atoms with E-state index in [0.29, 0.717) is 5.56 Å². The number of ether oxygens (including phenoxy) is 1. The smallest absolute Gasteiger partial charge is 0.319 e. The van der Waals surface area contributed by atoms with Crippen LogP contribution in [0, 0.1) is 17.5 Å². The molecule has 2 rings (SSSR count). The minimum absolute atomic E-state index is 0.0505. The molecule has 26 heavy (non-hydrogen) atoms. The van der Waals surface area contributed by atoms with E-state index in [4.69, 9.17) is 0 Å². The lowest BCUT2D eigenvalue weighted by Crippen LogP contribution is -2.37. The number of halogens is 3. The Morgan fingerprint density at radius 3 is 2.35 bits per heavy atom. The van der Waals surface area contributed by atoms with Gasteiger partial charge < -0.3 is 20.3 Å². The number of amides is 2. The summed E-state index contributed by atoms with van der Waals surface area (Å²) in [6.45, 7) is 0.170. The zero-order chi connectivity index (χ0) is 19.3. The van der Waals surface area contributed by atoms with Gasteiger partial charge in [-0.3, -0.25) is 0 Å². The van der Waals surface area contributed by atoms with Gasteiger partial charge in [-0.25, -0.2) is 18.0 Å². The minimum Gasteiger partial charge on any atom is -0.491 e. The molecule has 0 aliphatic rings. The van der Waals surface area contributed by atoms with Crippen LogP contribution in [0.15, 0.2) is 36.4 Å². The largest absolute Gasteiger partial charge is 0.491 e. The molecule has 1 unspecified atom stereocenters. The highest BCUT2D eigenvalue weighted by Crippen LogP contribution is 2.25. The van der Waals surface area contributed by atoms with Crippen LogP contribution in [-0.2, 0) is 0 Å². The second kappa shape index (κ2) is 8.57. The number of urea groups is 1. The molecule has 0 saturated heterocycles. The first-order valence-corrected chi connectivity index (χ1v) is 7.81. The standard InChI is InChI=1S/C18H20F3N3O2/c1-24(2)16(11-5-4-6-12(19)7-11)10-22-18(25)23-13-8-14(20)17(26-3)15(21)9-13/h4-9,16H,10H2,1-3H3,(H2,22,23,25). The number of carbonyl (C=O) groups excluding carboxylic acids is 1. The molecule has 0 bridgehead atoms. The van der Waals surface area contributed by atoms with Crippen molar-refractivity contribution in [1.29, 1.82) is 0 Å². The van der Waals surface area contributed by atoms with Crippen LogP contribution in [-0.4, -0.2) is 38.7 Å². The normalized spacial score (nSPS) is 12.0. The number of nitrogens with one attached hydrogen (secondary N) is 2. The molecule has 8 heteroatoms. The van der Waals surface area contributed by atoms with Crippen molar-refractivity contribution in [2.24, 2.45) is 0 Å². The van der Waals surface area contributed by atoms with Gasteiger partial charge in [0.25, 0.3) is 0 Å². The van der Waals surface area contributed by atoms with E-state index in [2.05, 4.69) is 15.4 Å². The molecule has 140 valence electrons. The molecular formula is C18H20F3N3O2. The van der Waals surface area contributed by atoms with Gasteiger partial charge in [0, 0.05) is 24.4 Å². The van der Waals surface area contributed by atoms with Gasteiger partial charge in [0.05, 0.1) is 13.2 Å². The molecule has 0 aliphatic heterocycles. The molecule has 1 atom stereocenters. The summed E-state index contributed by atoms with van der Waals surface area (Å²) in [4.78, 5) is 13.8. The predicted molar refractivity (Wildman–Crippen MR) is 92.8 cm³/mol. The van der Waals surface area contributed by atoms with Gasteiger partial charge in [-0.05, 0) is 31.8 Å². The van der Waals surface area contributed by atoms with Crippen molar-refractivity contribution < 1.29 is 22.7 Å². The molecule has 0 heterocycles. The maximum atomic E-state index is 13.7. The molecule has 0 spiro atoms. The van der Waals surface area contributed by atoms with E-state index in [1.165, 1.54) is 12.1 Å². The van der Waals surface area contributed by atoms with Crippen LogP contribution in [0.25, 0.3) is 0 Å². The quantitative estimate of drug-likeness (QED) is 0.821. The van der Waals surface area contributed by atoms with Crippen LogP contribution in [0.4, 0.5) is 23.7 Å². The Kier molecular flexibility index (Phi) is 6.46. The molecule has 0 saturated carbocycles. The van der Waals surface area contributed by atoms with E-state index in [9.17, 15) is 18.0 Å². The van der Waals surface area contributed by atoms with E-state index in [1.807, 2.05) is 4.90 Å². The molecule has 0 aromatic heterocycles. The van der Waals surface area contributed by atoms with Crippen LogP contribution in [0.1, 0.15) is 11.6 Å².